The first kappa shape index (κ1) is 9.26. The average molecular weight is 168 g/mol. The second-order valence-electron chi connectivity index (χ2n) is 3.62. The Kier molecular flexibility index (Phi) is 2.52. The van der Waals surface area contributed by atoms with Crippen molar-refractivity contribution in [2.45, 2.75) is 39.2 Å². The quantitative estimate of drug-likeness (QED) is 0.749. The van der Waals surface area contributed by atoms with Gasteiger partial charge in [0.15, 0.2) is 0 Å². The van der Waals surface area contributed by atoms with Crippen LogP contribution in [0.4, 0.5) is 0 Å². The average Bonchev–Trinajstić information content (AvgIpc) is 2.52. The highest BCUT2D eigenvalue weighted by Gasteiger charge is 2.22. The molecule has 12 heavy (non-hydrogen) atoms. The van der Waals surface area contributed by atoms with Crippen LogP contribution in [-0.2, 0) is 12.0 Å². The van der Waals surface area contributed by atoms with Crippen LogP contribution in [-0.4, -0.2) is 5.16 Å². The Labute approximate surface area is 72.9 Å². The van der Waals surface area contributed by atoms with Crippen molar-refractivity contribution in [3.05, 3.63) is 17.5 Å². The van der Waals surface area contributed by atoms with Crippen molar-refractivity contribution in [3.8, 4) is 0 Å². The van der Waals surface area contributed by atoms with Gasteiger partial charge in [-0.1, -0.05) is 25.9 Å². The Morgan fingerprint density at radius 1 is 1.58 bits per heavy atom. The van der Waals surface area contributed by atoms with Crippen molar-refractivity contribution in [2.75, 3.05) is 0 Å². The molecule has 0 aliphatic carbocycles. The van der Waals surface area contributed by atoms with E-state index in [1.54, 1.807) is 0 Å². The molecule has 1 aromatic rings. The molecule has 0 atom stereocenters. The fraction of sp³-hybridized carbons (Fsp3) is 0.667. The predicted octanol–water partition coefficient (Wildman–Crippen LogP) is 1.82. The summed E-state index contributed by atoms with van der Waals surface area (Å²) >= 11 is 0. The van der Waals surface area contributed by atoms with Gasteiger partial charge in [-0.2, -0.15) is 0 Å². The fourth-order valence-electron chi connectivity index (χ4n) is 0.901. The Morgan fingerprint density at radius 2 is 2.25 bits per heavy atom. The minimum atomic E-state index is 0.0699. The summed E-state index contributed by atoms with van der Waals surface area (Å²) in [6.07, 6.45) is 1.03. The topological polar surface area (TPSA) is 52.0 Å². The molecule has 0 saturated carbocycles. The highest BCUT2D eigenvalue weighted by molar-refractivity contribution is 5.13. The molecule has 3 nitrogen and oxygen atoms in total. The van der Waals surface area contributed by atoms with E-state index < -0.39 is 0 Å². The van der Waals surface area contributed by atoms with Gasteiger partial charge in [-0.25, -0.2) is 0 Å². The highest BCUT2D eigenvalue weighted by Crippen LogP contribution is 2.26. The molecule has 0 bridgehead atoms. The first-order valence-electron chi connectivity index (χ1n) is 4.26. The lowest BCUT2D eigenvalue weighted by atomic mass is 9.87. The SMILES string of the molecule is CCC(C)(C)c1cc(CN)no1. The van der Waals surface area contributed by atoms with Gasteiger partial charge >= 0.3 is 0 Å². The van der Waals surface area contributed by atoms with E-state index in [0.29, 0.717) is 6.54 Å². The third-order valence-electron chi connectivity index (χ3n) is 2.32. The second kappa shape index (κ2) is 3.27. The number of hydrogen-bond acceptors (Lipinski definition) is 3. The van der Waals surface area contributed by atoms with E-state index in [1.807, 2.05) is 6.07 Å². The molecule has 1 aromatic heterocycles. The molecule has 0 amide bonds. The molecule has 1 rings (SSSR count). The summed E-state index contributed by atoms with van der Waals surface area (Å²) in [5.74, 6) is 0.922. The van der Waals surface area contributed by atoms with E-state index in [4.69, 9.17) is 10.3 Å². The van der Waals surface area contributed by atoms with Gasteiger partial charge < -0.3 is 10.3 Å². The van der Waals surface area contributed by atoms with Crippen molar-refractivity contribution in [1.82, 2.24) is 5.16 Å². The van der Waals surface area contributed by atoms with Crippen LogP contribution in [0.2, 0.25) is 0 Å². The zero-order chi connectivity index (χ0) is 9.19. The van der Waals surface area contributed by atoms with Crippen LogP contribution < -0.4 is 5.73 Å². The van der Waals surface area contributed by atoms with Crippen molar-refractivity contribution >= 4 is 0 Å². The summed E-state index contributed by atoms with van der Waals surface area (Å²) in [6.45, 7) is 6.84. The van der Waals surface area contributed by atoms with Crippen molar-refractivity contribution in [2.24, 2.45) is 5.73 Å². The maximum atomic E-state index is 5.43. The van der Waals surface area contributed by atoms with Gasteiger partial charge in [0.25, 0.3) is 0 Å². The van der Waals surface area contributed by atoms with Crippen LogP contribution in [0.5, 0.6) is 0 Å². The number of aromatic nitrogens is 1. The minimum absolute atomic E-state index is 0.0699. The zero-order valence-corrected chi connectivity index (χ0v) is 7.92. The highest BCUT2D eigenvalue weighted by atomic mass is 16.5. The lowest BCUT2D eigenvalue weighted by Crippen LogP contribution is -2.14. The normalized spacial score (nSPS) is 12.0. The van der Waals surface area contributed by atoms with E-state index in [0.717, 1.165) is 17.9 Å². The first-order valence-corrected chi connectivity index (χ1v) is 4.26. The molecule has 0 aliphatic heterocycles. The molecular formula is C9H16N2O. The number of nitrogens with zero attached hydrogens (tertiary/aromatic N) is 1. The molecule has 0 fully saturated rings. The van der Waals surface area contributed by atoms with Gasteiger partial charge in [-0.3, -0.25) is 0 Å². The van der Waals surface area contributed by atoms with Crippen molar-refractivity contribution in [1.29, 1.82) is 0 Å². The summed E-state index contributed by atoms with van der Waals surface area (Å²) in [4.78, 5) is 0. The maximum Gasteiger partial charge on any atom is 0.142 e. The predicted molar refractivity (Wildman–Crippen MR) is 47.7 cm³/mol. The van der Waals surface area contributed by atoms with Crippen molar-refractivity contribution in [3.63, 3.8) is 0 Å². The Balaban J connectivity index is 2.88. The smallest absolute Gasteiger partial charge is 0.142 e. The summed E-state index contributed by atoms with van der Waals surface area (Å²) in [5.41, 5.74) is 6.32. The molecule has 3 heteroatoms. The standard InChI is InChI=1S/C9H16N2O/c1-4-9(2,3)8-5-7(6-10)11-12-8/h5H,4,6,10H2,1-3H3. The third-order valence-corrected chi connectivity index (χ3v) is 2.32. The summed E-state index contributed by atoms with van der Waals surface area (Å²) in [7, 11) is 0. The van der Waals surface area contributed by atoms with Gasteiger partial charge in [0.1, 0.15) is 5.76 Å². The Morgan fingerprint density at radius 3 is 2.67 bits per heavy atom. The van der Waals surface area contributed by atoms with E-state index in [-0.39, 0.29) is 5.41 Å². The second-order valence-corrected chi connectivity index (χ2v) is 3.62. The summed E-state index contributed by atoms with van der Waals surface area (Å²) < 4.78 is 5.18. The molecule has 0 aromatic carbocycles. The van der Waals surface area contributed by atoms with E-state index in [2.05, 4.69) is 25.9 Å². The van der Waals surface area contributed by atoms with Crippen molar-refractivity contribution < 1.29 is 4.52 Å². The van der Waals surface area contributed by atoms with Crippen LogP contribution in [0, 0.1) is 0 Å². The van der Waals surface area contributed by atoms with E-state index >= 15 is 0 Å². The van der Waals surface area contributed by atoms with Gasteiger partial charge in [0.2, 0.25) is 0 Å². The maximum absolute atomic E-state index is 5.43. The van der Waals surface area contributed by atoms with Crippen LogP contribution >= 0.6 is 0 Å². The number of hydrogen-bond donors (Lipinski definition) is 1. The molecule has 0 radical (unpaired) electrons. The van der Waals surface area contributed by atoms with Gasteiger partial charge in [-0.05, 0) is 6.42 Å². The first-order chi connectivity index (χ1) is 5.60. The van der Waals surface area contributed by atoms with Gasteiger partial charge in [0, 0.05) is 18.0 Å². The Hall–Kier alpha value is -0.830. The monoisotopic (exact) mass is 168 g/mol. The molecule has 0 unspecified atom stereocenters. The third kappa shape index (κ3) is 1.67. The zero-order valence-electron chi connectivity index (χ0n) is 7.92. The lowest BCUT2D eigenvalue weighted by Gasteiger charge is -2.17. The summed E-state index contributed by atoms with van der Waals surface area (Å²) in [6, 6.07) is 1.93. The van der Waals surface area contributed by atoms with Crippen LogP contribution in [0.15, 0.2) is 10.6 Å². The molecule has 0 spiro atoms. The minimum Gasteiger partial charge on any atom is -0.361 e. The number of rotatable bonds is 3. The van der Waals surface area contributed by atoms with E-state index in [9.17, 15) is 0 Å². The Bertz CT molecular complexity index is 253. The van der Waals surface area contributed by atoms with Gasteiger partial charge in [0.05, 0.1) is 5.69 Å². The van der Waals surface area contributed by atoms with Gasteiger partial charge in [-0.15, -0.1) is 0 Å². The van der Waals surface area contributed by atoms with Crippen LogP contribution in [0.3, 0.4) is 0 Å². The molecule has 68 valence electrons. The molecule has 0 saturated heterocycles. The fourth-order valence-corrected chi connectivity index (χ4v) is 0.901. The molecular weight excluding hydrogens is 152 g/mol. The van der Waals surface area contributed by atoms with Crippen LogP contribution in [0.25, 0.3) is 0 Å². The van der Waals surface area contributed by atoms with Crippen LogP contribution in [0.1, 0.15) is 38.6 Å². The number of nitrogens with two attached hydrogens (primary N) is 1. The molecule has 2 N–H and O–H groups in total. The summed E-state index contributed by atoms with van der Waals surface area (Å²) in [5, 5.41) is 3.85. The van der Waals surface area contributed by atoms with E-state index in [1.165, 1.54) is 0 Å². The molecule has 1 heterocycles. The largest absolute Gasteiger partial charge is 0.361 e. The lowest BCUT2D eigenvalue weighted by molar-refractivity contribution is 0.308. The molecule has 0 aliphatic rings.